The van der Waals surface area contributed by atoms with Gasteiger partial charge in [0, 0.05) is 32.0 Å². The first-order valence-corrected chi connectivity index (χ1v) is 11.5. The highest BCUT2D eigenvalue weighted by molar-refractivity contribution is 5.81. The maximum Gasteiger partial charge on any atom is 0.235 e. The molecular formula is C24H35N3O2. The van der Waals surface area contributed by atoms with Crippen LogP contribution >= 0.6 is 0 Å². The maximum absolute atomic E-state index is 12.8. The van der Waals surface area contributed by atoms with Crippen LogP contribution < -0.4 is 5.73 Å². The van der Waals surface area contributed by atoms with E-state index in [9.17, 15) is 9.59 Å². The van der Waals surface area contributed by atoms with Crippen LogP contribution in [0, 0.1) is 17.8 Å². The van der Waals surface area contributed by atoms with E-state index in [0.717, 1.165) is 32.5 Å². The van der Waals surface area contributed by atoms with Gasteiger partial charge in [0.05, 0.1) is 6.04 Å². The fraction of sp³-hybridized carbons (Fsp3) is 0.667. The minimum absolute atomic E-state index is 0.208. The third-order valence-corrected chi connectivity index (χ3v) is 7.35. The zero-order chi connectivity index (χ0) is 20.2. The highest BCUT2D eigenvalue weighted by Crippen LogP contribution is 2.37. The number of aryl methyl sites for hydroxylation is 1. The summed E-state index contributed by atoms with van der Waals surface area (Å²) < 4.78 is 0. The van der Waals surface area contributed by atoms with Crippen LogP contribution in [0.5, 0.6) is 0 Å². The number of fused-ring (bicyclic) bond motifs is 1. The number of hydrogen-bond donors (Lipinski definition) is 1. The van der Waals surface area contributed by atoms with Gasteiger partial charge in [0.1, 0.15) is 0 Å². The number of benzene rings is 1. The highest BCUT2D eigenvalue weighted by atomic mass is 16.2. The second-order valence-electron chi connectivity index (χ2n) is 9.36. The molecule has 29 heavy (non-hydrogen) atoms. The fourth-order valence-corrected chi connectivity index (χ4v) is 5.86. The summed E-state index contributed by atoms with van der Waals surface area (Å²) >= 11 is 0. The number of nitrogens with two attached hydrogens (primary N) is 1. The Bertz CT molecular complexity index is 701. The molecule has 0 aromatic heterocycles. The first-order valence-electron chi connectivity index (χ1n) is 11.5. The van der Waals surface area contributed by atoms with Crippen LogP contribution in [0.25, 0.3) is 0 Å². The summed E-state index contributed by atoms with van der Waals surface area (Å²) in [5.74, 6) is 1.24. The van der Waals surface area contributed by atoms with Gasteiger partial charge in [-0.3, -0.25) is 14.5 Å². The molecule has 5 nitrogen and oxygen atoms in total. The van der Waals surface area contributed by atoms with E-state index in [2.05, 4.69) is 29.2 Å². The summed E-state index contributed by atoms with van der Waals surface area (Å²) in [7, 11) is 0. The SMILES string of the molecule is NC(=O)C1[C@@H]2CN(C(=O)CC3CCCCC3)CC2CN1CCCc1ccccc1. The lowest BCUT2D eigenvalue weighted by Gasteiger charge is -2.28. The maximum atomic E-state index is 12.8. The van der Waals surface area contributed by atoms with E-state index >= 15 is 0 Å². The van der Waals surface area contributed by atoms with Crippen molar-refractivity contribution in [3.8, 4) is 0 Å². The molecule has 5 heteroatoms. The zero-order valence-electron chi connectivity index (χ0n) is 17.5. The van der Waals surface area contributed by atoms with Crippen LogP contribution in [-0.2, 0) is 16.0 Å². The Hall–Kier alpha value is -1.88. The van der Waals surface area contributed by atoms with Crippen LogP contribution in [-0.4, -0.2) is 53.8 Å². The largest absolute Gasteiger partial charge is 0.368 e. The minimum Gasteiger partial charge on any atom is -0.368 e. The molecule has 2 unspecified atom stereocenters. The first-order chi connectivity index (χ1) is 14.1. The van der Waals surface area contributed by atoms with E-state index in [4.69, 9.17) is 5.73 Å². The molecule has 0 spiro atoms. The zero-order valence-corrected chi connectivity index (χ0v) is 17.5. The van der Waals surface area contributed by atoms with Crippen LogP contribution in [0.15, 0.2) is 30.3 Å². The third kappa shape index (κ3) is 4.82. The quantitative estimate of drug-likeness (QED) is 0.769. The Kier molecular flexibility index (Phi) is 6.53. The summed E-state index contributed by atoms with van der Waals surface area (Å²) in [6.45, 7) is 3.29. The second-order valence-corrected chi connectivity index (χ2v) is 9.36. The number of amides is 2. The molecule has 2 aliphatic heterocycles. The average molecular weight is 398 g/mol. The van der Waals surface area contributed by atoms with Gasteiger partial charge in [0.2, 0.25) is 11.8 Å². The standard InChI is InChI=1S/C24H35N3O2/c25-24(29)23-21-17-27(22(28)14-19-10-5-2-6-11-19)16-20(21)15-26(23)13-7-12-18-8-3-1-4-9-18/h1,3-4,8-9,19-21,23H,2,5-7,10-17H2,(H2,25,29)/t20?,21-,23?/m1/s1. The molecule has 2 heterocycles. The molecule has 1 aromatic rings. The van der Waals surface area contributed by atoms with Gasteiger partial charge in [-0.2, -0.15) is 0 Å². The lowest BCUT2D eigenvalue weighted by molar-refractivity contribution is -0.132. The molecule has 1 aromatic carbocycles. The van der Waals surface area contributed by atoms with E-state index in [-0.39, 0.29) is 17.9 Å². The highest BCUT2D eigenvalue weighted by Gasteiger charge is 2.49. The summed E-state index contributed by atoms with van der Waals surface area (Å²) in [5.41, 5.74) is 7.15. The van der Waals surface area contributed by atoms with E-state index in [1.54, 1.807) is 0 Å². The second kappa shape index (κ2) is 9.29. The van der Waals surface area contributed by atoms with Crippen LogP contribution in [0.4, 0.5) is 0 Å². The molecule has 3 aliphatic rings. The molecule has 2 N–H and O–H groups in total. The topological polar surface area (TPSA) is 66.6 Å². The van der Waals surface area contributed by atoms with E-state index in [1.165, 1.54) is 37.7 Å². The molecule has 2 amide bonds. The molecular weight excluding hydrogens is 362 g/mol. The van der Waals surface area contributed by atoms with Crippen molar-refractivity contribution in [2.45, 2.75) is 57.4 Å². The Balaban J connectivity index is 1.30. The molecule has 1 aliphatic carbocycles. The van der Waals surface area contributed by atoms with Gasteiger partial charge in [-0.15, -0.1) is 0 Å². The van der Waals surface area contributed by atoms with Crippen molar-refractivity contribution < 1.29 is 9.59 Å². The molecule has 4 rings (SSSR count). The molecule has 0 bridgehead atoms. The Morgan fingerprint density at radius 2 is 1.76 bits per heavy atom. The van der Waals surface area contributed by atoms with Crippen molar-refractivity contribution >= 4 is 11.8 Å². The molecule has 3 atom stereocenters. The van der Waals surface area contributed by atoms with Gasteiger partial charge >= 0.3 is 0 Å². The number of primary amides is 1. The minimum atomic E-state index is -0.223. The van der Waals surface area contributed by atoms with Gasteiger partial charge in [0.15, 0.2) is 0 Å². The third-order valence-electron chi connectivity index (χ3n) is 7.35. The van der Waals surface area contributed by atoms with Crippen molar-refractivity contribution in [1.29, 1.82) is 0 Å². The molecule has 0 radical (unpaired) electrons. The smallest absolute Gasteiger partial charge is 0.235 e. The predicted octanol–water partition coefficient (Wildman–Crippen LogP) is 2.83. The van der Waals surface area contributed by atoms with Gasteiger partial charge < -0.3 is 10.6 Å². The summed E-state index contributed by atoms with van der Waals surface area (Å²) in [5, 5.41) is 0. The molecule has 3 fully saturated rings. The number of carbonyl (C=O) groups is 2. The van der Waals surface area contributed by atoms with Crippen LogP contribution in [0.1, 0.15) is 50.5 Å². The molecule has 2 saturated heterocycles. The van der Waals surface area contributed by atoms with E-state index < -0.39 is 0 Å². The molecule has 1 saturated carbocycles. The van der Waals surface area contributed by atoms with Crippen molar-refractivity contribution in [2.24, 2.45) is 23.5 Å². The van der Waals surface area contributed by atoms with Crippen molar-refractivity contribution in [2.75, 3.05) is 26.2 Å². The Labute approximate surface area is 174 Å². The molecule has 158 valence electrons. The Morgan fingerprint density at radius 3 is 2.48 bits per heavy atom. The number of hydrogen-bond acceptors (Lipinski definition) is 3. The van der Waals surface area contributed by atoms with Gasteiger partial charge in [-0.25, -0.2) is 0 Å². The first kappa shape index (κ1) is 20.4. The van der Waals surface area contributed by atoms with E-state index in [1.807, 2.05) is 11.0 Å². The van der Waals surface area contributed by atoms with Gasteiger partial charge in [-0.05, 0) is 49.6 Å². The lowest BCUT2D eigenvalue weighted by atomic mass is 9.86. The van der Waals surface area contributed by atoms with Crippen molar-refractivity contribution in [1.82, 2.24) is 9.80 Å². The fourth-order valence-electron chi connectivity index (χ4n) is 5.86. The van der Waals surface area contributed by atoms with Crippen LogP contribution in [0.2, 0.25) is 0 Å². The van der Waals surface area contributed by atoms with E-state index in [0.29, 0.717) is 30.7 Å². The van der Waals surface area contributed by atoms with Gasteiger partial charge in [0.25, 0.3) is 0 Å². The number of nitrogens with zero attached hydrogens (tertiary/aromatic N) is 2. The Morgan fingerprint density at radius 1 is 1.00 bits per heavy atom. The average Bonchev–Trinajstić information content (AvgIpc) is 3.27. The van der Waals surface area contributed by atoms with Crippen LogP contribution in [0.3, 0.4) is 0 Å². The predicted molar refractivity (Wildman–Crippen MR) is 114 cm³/mol. The normalized spacial score (nSPS) is 27.9. The summed E-state index contributed by atoms with van der Waals surface area (Å²) in [6, 6.07) is 10.3. The van der Waals surface area contributed by atoms with Gasteiger partial charge in [-0.1, -0.05) is 49.6 Å². The summed E-state index contributed by atoms with van der Waals surface area (Å²) in [4.78, 5) is 29.4. The monoisotopic (exact) mass is 397 g/mol. The lowest BCUT2D eigenvalue weighted by Crippen LogP contribution is -2.46. The number of likely N-dealkylation sites (tertiary alicyclic amines) is 2. The van der Waals surface area contributed by atoms with Crippen molar-refractivity contribution in [3.63, 3.8) is 0 Å². The number of rotatable bonds is 7. The summed E-state index contributed by atoms with van der Waals surface area (Å²) in [6.07, 6.45) is 9.00. The van der Waals surface area contributed by atoms with Crippen molar-refractivity contribution in [3.05, 3.63) is 35.9 Å². The number of carbonyl (C=O) groups excluding carboxylic acids is 2.